The number of amides is 1. The number of hydrogen-bond acceptors (Lipinski definition) is 3. The van der Waals surface area contributed by atoms with Gasteiger partial charge < -0.3 is 14.7 Å². The summed E-state index contributed by atoms with van der Waals surface area (Å²) in [6.07, 6.45) is 4.06. The normalized spacial score (nSPS) is 26.0. The summed E-state index contributed by atoms with van der Waals surface area (Å²) < 4.78 is 6.12. The molecule has 2 aromatic carbocycles. The molecule has 0 aromatic heterocycles. The molecule has 27 heavy (non-hydrogen) atoms. The molecule has 1 amide bonds. The number of carbonyl (C=O) groups is 1. The zero-order valence-electron chi connectivity index (χ0n) is 15.8. The molecule has 138 valence electrons. The highest BCUT2D eigenvalue weighted by atomic mass is 16.5. The largest absolute Gasteiger partial charge is 0.507 e. The number of benzene rings is 2. The van der Waals surface area contributed by atoms with Gasteiger partial charge in [-0.1, -0.05) is 54.1 Å². The van der Waals surface area contributed by atoms with Crippen LogP contribution in [-0.4, -0.2) is 28.7 Å². The van der Waals surface area contributed by atoms with Gasteiger partial charge in [0.1, 0.15) is 11.5 Å². The first-order valence-corrected chi connectivity index (χ1v) is 9.13. The van der Waals surface area contributed by atoms with Crippen molar-refractivity contribution in [1.29, 1.82) is 0 Å². The number of rotatable bonds is 2. The minimum Gasteiger partial charge on any atom is -0.507 e. The smallest absolute Gasteiger partial charge is 0.256 e. The van der Waals surface area contributed by atoms with Crippen molar-refractivity contribution in [3.05, 3.63) is 82.6 Å². The van der Waals surface area contributed by atoms with Crippen LogP contribution in [0.4, 0.5) is 0 Å². The van der Waals surface area contributed by atoms with Gasteiger partial charge in [0.2, 0.25) is 0 Å². The Kier molecular flexibility index (Phi) is 4.06. The summed E-state index contributed by atoms with van der Waals surface area (Å²) in [7, 11) is 1.73. The van der Waals surface area contributed by atoms with E-state index < -0.39 is 5.72 Å². The molecule has 1 fully saturated rings. The maximum atomic E-state index is 13.0. The lowest BCUT2D eigenvalue weighted by molar-refractivity contribution is -0.153. The first-order valence-electron chi connectivity index (χ1n) is 9.13. The van der Waals surface area contributed by atoms with Gasteiger partial charge in [0.05, 0.1) is 5.57 Å². The Hall–Kier alpha value is -3.01. The van der Waals surface area contributed by atoms with E-state index in [0.29, 0.717) is 12.0 Å². The number of carbonyl (C=O) groups excluding carboxylic acids is 1. The lowest BCUT2D eigenvalue weighted by Gasteiger charge is -2.49. The molecule has 2 atom stereocenters. The number of likely N-dealkylation sites (tertiary alicyclic amines) is 1. The second kappa shape index (κ2) is 6.31. The van der Waals surface area contributed by atoms with Crippen LogP contribution in [0.5, 0.6) is 5.75 Å². The summed E-state index contributed by atoms with van der Waals surface area (Å²) in [6.45, 7) is 3.95. The van der Waals surface area contributed by atoms with Crippen LogP contribution in [0.3, 0.4) is 0 Å². The van der Waals surface area contributed by atoms with Crippen LogP contribution < -0.4 is 4.74 Å². The van der Waals surface area contributed by atoms with Crippen LogP contribution in [-0.2, 0) is 4.79 Å². The molecule has 4 nitrogen and oxygen atoms in total. The van der Waals surface area contributed by atoms with Crippen LogP contribution in [0.2, 0.25) is 0 Å². The Balaban J connectivity index is 1.78. The first-order chi connectivity index (χ1) is 12.9. The number of allylic oxidation sites excluding steroid dienone is 1. The van der Waals surface area contributed by atoms with Gasteiger partial charge in [-0.15, -0.1) is 0 Å². The SMILES string of the molecule is Cc1ccc(/C=C/C(O)=C2/C(=O)N(C)C3(C)CC2c2ccccc2O3)cc1. The summed E-state index contributed by atoms with van der Waals surface area (Å²) in [5.74, 6) is 0.389. The monoisotopic (exact) mass is 361 g/mol. The van der Waals surface area contributed by atoms with E-state index in [1.165, 1.54) is 5.56 Å². The average Bonchev–Trinajstić information content (AvgIpc) is 2.66. The van der Waals surface area contributed by atoms with Crippen LogP contribution in [0, 0.1) is 6.92 Å². The second-order valence-electron chi connectivity index (χ2n) is 7.48. The third-order valence-electron chi connectivity index (χ3n) is 5.59. The average molecular weight is 361 g/mol. The highest BCUT2D eigenvalue weighted by molar-refractivity contribution is 5.98. The molecule has 0 aliphatic carbocycles. The quantitative estimate of drug-likeness (QED) is 0.629. The molecule has 2 aliphatic rings. The first kappa shape index (κ1) is 17.4. The Morgan fingerprint density at radius 2 is 1.93 bits per heavy atom. The molecule has 1 N–H and O–H groups in total. The molecule has 2 aliphatic heterocycles. The lowest BCUT2D eigenvalue weighted by Crippen LogP contribution is -2.59. The van der Waals surface area contributed by atoms with Gasteiger partial charge >= 0.3 is 0 Å². The number of fused-ring (bicyclic) bond motifs is 4. The van der Waals surface area contributed by atoms with Gasteiger partial charge in [-0.25, -0.2) is 0 Å². The zero-order valence-corrected chi connectivity index (χ0v) is 15.8. The van der Waals surface area contributed by atoms with E-state index in [0.717, 1.165) is 16.9 Å². The van der Waals surface area contributed by atoms with E-state index in [-0.39, 0.29) is 17.6 Å². The Morgan fingerprint density at radius 1 is 1.22 bits per heavy atom. The predicted molar refractivity (Wildman–Crippen MR) is 105 cm³/mol. The molecule has 1 saturated heterocycles. The summed E-state index contributed by atoms with van der Waals surface area (Å²) in [4.78, 5) is 14.6. The van der Waals surface area contributed by atoms with E-state index in [2.05, 4.69) is 0 Å². The number of likely N-dealkylation sites (N-methyl/N-ethyl adjacent to an activating group) is 1. The van der Waals surface area contributed by atoms with Gasteiger partial charge in [-0.2, -0.15) is 0 Å². The zero-order chi connectivity index (χ0) is 19.2. The van der Waals surface area contributed by atoms with Gasteiger partial charge in [-0.3, -0.25) is 4.79 Å². The number of piperidine rings is 1. The lowest BCUT2D eigenvalue weighted by atomic mass is 9.77. The van der Waals surface area contributed by atoms with Crippen molar-refractivity contribution in [3.8, 4) is 5.75 Å². The number of aryl methyl sites for hydroxylation is 1. The molecule has 0 saturated carbocycles. The number of para-hydroxylation sites is 1. The number of nitrogens with zero attached hydrogens (tertiary/aromatic N) is 1. The predicted octanol–water partition coefficient (Wildman–Crippen LogP) is 4.57. The molecule has 2 unspecified atom stereocenters. The third kappa shape index (κ3) is 2.91. The fourth-order valence-electron chi connectivity index (χ4n) is 3.87. The number of ether oxygens (including phenoxy) is 1. The van der Waals surface area contributed by atoms with Gasteiger partial charge in [0.25, 0.3) is 5.91 Å². The van der Waals surface area contributed by atoms with Gasteiger partial charge in [0, 0.05) is 24.9 Å². The van der Waals surface area contributed by atoms with Crippen molar-refractivity contribution in [1.82, 2.24) is 4.90 Å². The second-order valence-corrected chi connectivity index (χ2v) is 7.48. The Bertz CT molecular complexity index is 958. The van der Waals surface area contributed by atoms with E-state index in [1.807, 2.05) is 68.5 Å². The van der Waals surface area contributed by atoms with Crippen LogP contribution in [0.1, 0.15) is 36.0 Å². The summed E-state index contributed by atoms with van der Waals surface area (Å²) in [5, 5.41) is 10.8. The molecule has 4 heteroatoms. The van der Waals surface area contributed by atoms with Gasteiger partial charge in [0.15, 0.2) is 5.72 Å². The number of hydrogen-bond donors (Lipinski definition) is 1. The summed E-state index contributed by atoms with van der Waals surface area (Å²) in [5.41, 5.74) is 2.81. The molecule has 2 bridgehead atoms. The van der Waals surface area contributed by atoms with Crippen molar-refractivity contribution in [2.45, 2.75) is 31.9 Å². The maximum Gasteiger partial charge on any atom is 0.256 e. The Labute approximate surface area is 159 Å². The highest BCUT2D eigenvalue weighted by Crippen LogP contribution is 2.49. The fourth-order valence-corrected chi connectivity index (χ4v) is 3.87. The molecular weight excluding hydrogens is 338 g/mol. The van der Waals surface area contributed by atoms with Crippen molar-refractivity contribution < 1.29 is 14.6 Å². The highest BCUT2D eigenvalue weighted by Gasteiger charge is 2.50. The molecule has 2 heterocycles. The van der Waals surface area contributed by atoms with E-state index in [4.69, 9.17) is 4.74 Å². The maximum absolute atomic E-state index is 13.0. The van der Waals surface area contributed by atoms with Gasteiger partial charge in [-0.05, 0) is 31.6 Å². The summed E-state index contributed by atoms with van der Waals surface area (Å²) >= 11 is 0. The van der Waals surface area contributed by atoms with Crippen molar-refractivity contribution in [2.75, 3.05) is 7.05 Å². The Morgan fingerprint density at radius 3 is 2.67 bits per heavy atom. The molecule has 4 rings (SSSR count). The number of aliphatic hydroxyl groups excluding tert-OH is 1. The third-order valence-corrected chi connectivity index (χ3v) is 5.59. The van der Waals surface area contributed by atoms with E-state index in [1.54, 1.807) is 18.0 Å². The van der Waals surface area contributed by atoms with E-state index >= 15 is 0 Å². The van der Waals surface area contributed by atoms with Crippen molar-refractivity contribution in [2.24, 2.45) is 0 Å². The van der Waals surface area contributed by atoms with E-state index in [9.17, 15) is 9.90 Å². The number of aliphatic hydroxyl groups is 1. The van der Waals surface area contributed by atoms with Crippen LogP contribution in [0.15, 0.2) is 65.9 Å². The fraction of sp³-hybridized carbons (Fsp3) is 0.261. The van der Waals surface area contributed by atoms with Crippen LogP contribution >= 0.6 is 0 Å². The molecular formula is C23H23NO3. The summed E-state index contributed by atoms with van der Waals surface area (Å²) in [6, 6.07) is 15.7. The topological polar surface area (TPSA) is 49.8 Å². The molecule has 2 aromatic rings. The molecule has 0 spiro atoms. The van der Waals surface area contributed by atoms with Crippen molar-refractivity contribution in [3.63, 3.8) is 0 Å². The van der Waals surface area contributed by atoms with Crippen molar-refractivity contribution >= 4 is 12.0 Å². The molecule has 0 radical (unpaired) electrons. The van der Waals surface area contributed by atoms with Crippen LogP contribution in [0.25, 0.3) is 6.08 Å². The minimum atomic E-state index is -0.708. The minimum absolute atomic E-state index is 0.0104. The standard InChI is InChI=1S/C23H23NO3/c1-15-8-10-16(11-9-15)12-13-19(25)21-18-14-23(2,24(3)22(21)26)27-20-7-5-4-6-17(18)20/h4-13,18,25H,14H2,1-3H3/b13-12+,21-19-.